The summed E-state index contributed by atoms with van der Waals surface area (Å²) in [5.41, 5.74) is -0.988. The topological polar surface area (TPSA) is 78.9 Å². The summed E-state index contributed by atoms with van der Waals surface area (Å²) in [5.74, 6) is -1.33. The van der Waals surface area contributed by atoms with E-state index in [1.165, 1.54) is 4.90 Å². The van der Waals surface area contributed by atoms with Gasteiger partial charge in [0.1, 0.15) is 23.1 Å². The standard InChI is InChI=1S/C19H24N2O4S/c1-18(2,3)17-21-16(24)13(14(22)19(21,4)10-25-17)15(23)20-11-6-8-12(26-5)9-7-11/h6-9,17,22H,10H2,1-5H3,(H,20,23)/t17-,19-/m1/s1. The Morgan fingerprint density at radius 1 is 1.35 bits per heavy atom. The number of rotatable bonds is 3. The fourth-order valence-corrected chi connectivity index (χ4v) is 3.77. The molecule has 3 rings (SSSR count). The maximum Gasteiger partial charge on any atom is 0.265 e. The molecule has 2 N–H and O–H groups in total. The van der Waals surface area contributed by atoms with Crippen LogP contribution < -0.4 is 5.32 Å². The van der Waals surface area contributed by atoms with E-state index in [2.05, 4.69) is 5.32 Å². The largest absolute Gasteiger partial charge is 0.509 e. The lowest BCUT2D eigenvalue weighted by Gasteiger charge is -2.36. The molecule has 0 aliphatic carbocycles. The van der Waals surface area contributed by atoms with Crippen molar-refractivity contribution in [3.8, 4) is 0 Å². The van der Waals surface area contributed by atoms with Crippen LogP contribution in [0.15, 0.2) is 40.5 Å². The first-order valence-electron chi connectivity index (χ1n) is 8.44. The highest BCUT2D eigenvalue weighted by Gasteiger charge is 2.60. The summed E-state index contributed by atoms with van der Waals surface area (Å²) < 4.78 is 5.78. The van der Waals surface area contributed by atoms with E-state index in [9.17, 15) is 14.7 Å². The van der Waals surface area contributed by atoms with Gasteiger partial charge in [0.05, 0.1) is 6.61 Å². The lowest BCUT2D eigenvalue weighted by atomic mass is 9.92. The minimum absolute atomic E-state index is 0.158. The van der Waals surface area contributed by atoms with E-state index in [0.717, 1.165) is 4.90 Å². The second kappa shape index (κ2) is 6.32. The highest BCUT2D eigenvalue weighted by molar-refractivity contribution is 7.98. The Labute approximate surface area is 157 Å². The molecule has 0 aromatic heterocycles. The monoisotopic (exact) mass is 376 g/mol. The van der Waals surface area contributed by atoms with Gasteiger partial charge in [-0.25, -0.2) is 0 Å². The van der Waals surface area contributed by atoms with Crippen LogP contribution in [0.5, 0.6) is 0 Å². The van der Waals surface area contributed by atoms with E-state index in [4.69, 9.17) is 4.74 Å². The molecule has 2 aliphatic heterocycles. The van der Waals surface area contributed by atoms with Crippen LogP contribution in [0.25, 0.3) is 0 Å². The van der Waals surface area contributed by atoms with Gasteiger partial charge in [-0.1, -0.05) is 20.8 Å². The third kappa shape index (κ3) is 2.89. The summed E-state index contributed by atoms with van der Waals surface area (Å²) >= 11 is 1.60. The van der Waals surface area contributed by atoms with Crippen molar-refractivity contribution in [1.82, 2.24) is 4.90 Å². The predicted octanol–water partition coefficient (Wildman–Crippen LogP) is 3.16. The first kappa shape index (κ1) is 18.8. The summed E-state index contributed by atoms with van der Waals surface area (Å²) in [5, 5.41) is 13.4. The van der Waals surface area contributed by atoms with Gasteiger partial charge < -0.3 is 15.2 Å². The molecule has 2 heterocycles. The molecule has 0 bridgehead atoms. The van der Waals surface area contributed by atoms with E-state index in [1.807, 2.05) is 39.2 Å². The number of nitrogens with zero attached hydrogens (tertiary/aromatic N) is 1. The number of aliphatic hydroxyl groups is 1. The number of benzene rings is 1. The summed E-state index contributed by atoms with van der Waals surface area (Å²) in [6, 6.07) is 7.30. The van der Waals surface area contributed by atoms with Gasteiger partial charge in [-0.15, -0.1) is 11.8 Å². The highest BCUT2D eigenvalue weighted by Crippen LogP contribution is 2.45. The molecule has 140 valence electrons. The van der Waals surface area contributed by atoms with E-state index >= 15 is 0 Å². The minimum Gasteiger partial charge on any atom is -0.509 e. The van der Waals surface area contributed by atoms with Crippen molar-refractivity contribution >= 4 is 29.3 Å². The molecule has 1 saturated heterocycles. The zero-order valence-electron chi connectivity index (χ0n) is 15.6. The van der Waals surface area contributed by atoms with Crippen molar-refractivity contribution in [2.45, 2.75) is 44.4 Å². The van der Waals surface area contributed by atoms with Crippen LogP contribution in [0.2, 0.25) is 0 Å². The molecule has 0 radical (unpaired) electrons. The van der Waals surface area contributed by atoms with Gasteiger partial charge in [0.25, 0.3) is 11.8 Å². The van der Waals surface area contributed by atoms with Crippen molar-refractivity contribution in [1.29, 1.82) is 0 Å². The quantitative estimate of drug-likeness (QED) is 0.626. The van der Waals surface area contributed by atoms with Crippen LogP contribution in [0.4, 0.5) is 5.69 Å². The summed E-state index contributed by atoms with van der Waals surface area (Å²) in [6.07, 6.45) is 1.46. The third-order valence-electron chi connectivity index (χ3n) is 4.78. The van der Waals surface area contributed by atoms with Crippen molar-refractivity contribution in [3.05, 3.63) is 35.6 Å². The molecule has 0 saturated carbocycles. The molecule has 1 aromatic rings. The van der Waals surface area contributed by atoms with Crippen LogP contribution in [0, 0.1) is 5.41 Å². The second-order valence-electron chi connectivity index (χ2n) is 7.88. The Hall–Kier alpha value is -1.99. The molecule has 1 aromatic carbocycles. The van der Waals surface area contributed by atoms with Gasteiger partial charge in [0.15, 0.2) is 0 Å². The Bertz CT molecular complexity index is 782. The Balaban J connectivity index is 1.88. The minimum atomic E-state index is -1.01. The maximum absolute atomic E-state index is 13.0. The SMILES string of the molecule is CSc1ccc(NC(=O)C2=C(O)[C@@]3(C)CO[C@H](C(C)(C)C)N3C2=O)cc1. The predicted molar refractivity (Wildman–Crippen MR) is 101 cm³/mol. The van der Waals surface area contributed by atoms with Crippen LogP contribution in [0.1, 0.15) is 27.7 Å². The van der Waals surface area contributed by atoms with Gasteiger partial charge in [-0.3, -0.25) is 14.5 Å². The molecule has 0 spiro atoms. The average molecular weight is 376 g/mol. The number of hydrogen-bond donors (Lipinski definition) is 2. The van der Waals surface area contributed by atoms with Crippen LogP contribution >= 0.6 is 11.8 Å². The van der Waals surface area contributed by atoms with Crippen LogP contribution in [-0.4, -0.2) is 46.5 Å². The Morgan fingerprint density at radius 3 is 2.50 bits per heavy atom. The third-order valence-corrected chi connectivity index (χ3v) is 5.53. The Morgan fingerprint density at radius 2 is 1.96 bits per heavy atom. The summed E-state index contributed by atoms with van der Waals surface area (Å²) in [6.45, 7) is 7.75. The van der Waals surface area contributed by atoms with Gasteiger partial charge >= 0.3 is 0 Å². The summed E-state index contributed by atoms with van der Waals surface area (Å²) in [7, 11) is 0. The number of fused-ring (bicyclic) bond motifs is 1. The number of nitrogens with one attached hydrogen (secondary N) is 1. The van der Waals surface area contributed by atoms with E-state index < -0.39 is 23.6 Å². The molecular weight excluding hydrogens is 352 g/mol. The van der Waals surface area contributed by atoms with Crippen LogP contribution in [0.3, 0.4) is 0 Å². The maximum atomic E-state index is 13.0. The number of carbonyl (C=O) groups excluding carboxylic acids is 2. The van der Waals surface area contributed by atoms with Gasteiger partial charge in [0.2, 0.25) is 0 Å². The fraction of sp³-hybridized carbons (Fsp3) is 0.474. The number of carbonyl (C=O) groups is 2. The van der Waals surface area contributed by atoms with E-state index in [0.29, 0.717) is 5.69 Å². The number of aliphatic hydroxyl groups excluding tert-OH is 1. The number of ether oxygens (including phenoxy) is 1. The number of amides is 2. The van der Waals surface area contributed by atoms with Gasteiger partial charge in [-0.2, -0.15) is 0 Å². The molecule has 2 aliphatic rings. The van der Waals surface area contributed by atoms with Crippen molar-refractivity contribution in [3.63, 3.8) is 0 Å². The second-order valence-corrected chi connectivity index (χ2v) is 8.76. The van der Waals surface area contributed by atoms with E-state index in [-0.39, 0.29) is 23.4 Å². The molecule has 2 atom stereocenters. The number of anilines is 1. The van der Waals surface area contributed by atoms with E-state index in [1.54, 1.807) is 30.8 Å². The Kier molecular flexibility index (Phi) is 4.56. The van der Waals surface area contributed by atoms with Gasteiger partial charge in [0, 0.05) is 16.0 Å². The van der Waals surface area contributed by atoms with Crippen molar-refractivity contribution in [2.24, 2.45) is 5.41 Å². The molecule has 0 unspecified atom stereocenters. The first-order chi connectivity index (χ1) is 12.1. The number of thioether (sulfide) groups is 1. The zero-order valence-corrected chi connectivity index (χ0v) is 16.4. The van der Waals surface area contributed by atoms with Crippen LogP contribution in [-0.2, 0) is 14.3 Å². The smallest absolute Gasteiger partial charge is 0.265 e. The molecule has 7 heteroatoms. The molecular formula is C19H24N2O4S. The van der Waals surface area contributed by atoms with Crippen molar-refractivity contribution in [2.75, 3.05) is 18.2 Å². The number of hydrogen-bond acceptors (Lipinski definition) is 5. The van der Waals surface area contributed by atoms with Gasteiger partial charge in [-0.05, 0) is 37.4 Å². The zero-order chi connectivity index (χ0) is 19.3. The average Bonchev–Trinajstić information content (AvgIpc) is 3.02. The molecule has 26 heavy (non-hydrogen) atoms. The van der Waals surface area contributed by atoms with Crippen molar-refractivity contribution < 1.29 is 19.4 Å². The molecule has 1 fully saturated rings. The lowest BCUT2D eigenvalue weighted by Crippen LogP contribution is -2.50. The lowest BCUT2D eigenvalue weighted by molar-refractivity contribution is -0.140. The molecule has 2 amide bonds. The highest BCUT2D eigenvalue weighted by atomic mass is 32.2. The fourth-order valence-electron chi connectivity index (χ4n) is 3.36. The first-order valence-corrected chi connectivity index (χ1v) is 9.66. The normalized spacial score (nSPS) is 25.7. The molecule has 6 nitrogen and oxygen atoms in total. The summed E-state index contributed by atoms with van der Waals surface area (Å²) in [4.78, 5) is 28.2.